The van der Waals surface area contributed by atoms with Gasteiger partial charge in [0.1, 0.15) is 5.58 Å². The summed E-state index contributed by atoms with van der Waals surface area (Å²) in [5, 5.41) is 0.725. The molecular formula is C28H39N3O5S. The molecule has 0 atom stereocenters. The zero-order valence-electron chi connectivity index (χ0n) is 22.7. The molecule has 0 aliphatic rings. The van der Waals surface area contributed by atoms with Crippen molar-refractivity contribution in [3.05, 3.63) is 54.4 Å². The summed E-state index contributed by atoms with van der Waals surface area (Å²) in [7, 11) is -2.29. The highest BCUT2D eigenvalue weighted by molar-refractivity contribution is 7.89. The van der Waals surface area contributed by atoms with Gasteiger partial charge in [0.25, 0.3) is 0 Å². The third-order valence-electron chi connectivity index (χ3n) is 5.88. The summed E-state index contributed by atoms with van der Waals surface area (Å²) in [6.45, 7) is 11.8. The molecule has 202 valence electrons. The molecule has 2 heterocycles. The van der Waals surface area contributed by atoms with Crippen molar-refractivity contribution in [3.8, 4) is 5.88 Å². The largest absolute Gasteiger partial charge is 0.481 e. The zero-order chi connectivity index (χ0) is 27.2. The first kappa shape index (κ1) is 28.7. The second kappa shape index (κ2) is 12.1. The van der Waals surface area contributed by atoms with Gasteiger partial charge in [-0.3, -0.25) is 4.79 Å². The quantitative estimate of drug-likeness (QED) is 0.315. The molecule has 1 amide bonds. The Hall–Kier alpha value is -2.91. The van der Waals surface area contributed by atoms with Gasteiger partial charge in [-0.15, -0.1) is 0 Å². The minimum atomic E-state index is -3.83. The summed E-state index contributed by atoms with van der Waals surface area (Å²) < 4.78 is 39.5. The minimum absolute atomic E-state index is 0.0976. The first-order chi connectivity index (χ1) is 17.4. The van der Waals surface area contributed by atoms with Crippen LogP contribution < -0.4 is 4.74 Å². The van der Waals surface area contributed by atoms with Gasteiger partial charge in [0.05, 0.1) is 18.3 Å². The van der Waals surface area contributed by atoms with E-state index in [1.165, 1.54) is 11.4 Å². The van der Waals surface area contributed by atoms with Crippen molar-refractivity contribution in [2.24, 2.45) is 11.3 Å². The lowest BCUT2D eigenvalue weighted by Crippen LogP contribution is -2.39. The normalized spacial score (nSPS) is 12.4. The molecular weight excluding hydrogens is 490 g/mol. The number of rotatable bonds is 12. The smallest absolute Gasteiger partial charge is 0.243 e. The van der Waals surface area contributed by atoms with Gasteiger partial charge >= 0.3 is 0 Å². The predicted octanol–water partition coefficient (Wildman–Crippen LogP) is 5.34. The molecule has 0 unspecified atom stereocenters. The molecule has 3 aromatic rings. The fourth-order valence-corrected chi connectivity index (χ4v) is 5.63. The molecule has 8 nitrogen and oxygen atoms in total. The molecule has 9 heteroatoms. The molecule has 0 spiro atoms. The van der Waals surface area contributed by atoms with Crippen LogP contribution >= 0.6 is 0 Å². The SMILES string of the molecule is COc1ccc(CN(CCCN(CC(C)C)C(=O)CC(C)(C)C)S(=O)(=O)c2ccc3occc3c2)cn1. The maximum atomic E-state index is 13.8. The highest BCUT2D eigenvalue weighted by atomic mass is 32.2. The maximum absolute atomic E-state index is 13.8. The number of sulfonamides is 1. The maximum Gasteiger partial charge on any atom is 0.243 e. The van der Waals surface area contributed by atoms with Crippen LogP contribution in [0.1, 0.15) is 53.0 Å². The van der Waals surface area contributed by atoms with E-state index in [0.717, 1.165) is 10.9 Å². The van der Waals surface area contributed by atoms with Gasteiger partial charge in [-0.05, 0) is 47.6 Å². The van der Waals surface area contributed by atoms with Gasteiger partial charge in [-0.25, -0.2) is 13.4 Å². The summed E-state index contributed by atoms with van der Waals surface area (Å²) in [5.74, 6) is 0.876. The summed E-state index contributed by atoms with van der Waals surface area (Å²) in [6, 6.07) is 10.1. The molecule has 0 aliphatic heterocycles. The summed E-state index contributed by atoms with van der Waals surface area (Å²) in [5.41, 5.74) is 1.26. The number of ether oxygens (including phenoxy) is 1. The molecule has 0 fully saturated rings. The van der Waals surface area contributed by atoms with Crippen LogP contribution in [-0.2, 0) is 21.4 Å². The number of pyridine rings is 1. The Morgan fingerprint density at radius 2 is 1.86 bits per heavy atom. The van der Waals surface area contributed by atoms with E-state index in [-0.39, 0.29) is 29.3 Å². The second-order valence-corrected chi connectivity index (χ2v) is 12.9. The number of benzene rings is 1. The molecule has 0 saturated heterocycles. The fraction of sp³-hybridized carbons (Fsp3) is 0.500. The van der Waals surface area contributed by atoms with Crippen LogP contribution in [0.25, 0.3) is 11.0 Å². The molecule has 0 bridgehead atoms. The Morgan fingerprint density at radius 3 is 2.49 bits per heavy atom. The van der Waals surface area contributed by atoms with Crippen LogP contribution in [0.15, 0.2) is 58.2 Å². The Kier molecular flexibility index (Phi) is 9.36. The molecule has 3 rings (SSSR count). The number of carbonyl (C=O) groups excluding carboxylic acids is 1. The Balaban J connectivity index is 1.83. The van der Waals surface area contributed by atoms with Crippen molar-refractivity contribution in [2.45, 2.75) is 58.9 Å². The first-order valence-electron chi connectivity index (χ1n) is 12.6. The standard InChI is InChI=1S/C28H39N3O5S/c1-21(2)19-30(27(32)17-28(3,4)5)13-7-14-31(20-22-8-11-26(35-6)29-18-22)37(33,34)24-9-10-25-23(16-24)12-15-36-25/h8-12,15-16,18,21H,7,13-14,17,19-20H2,1-6H3. The Morgan fingerprint density at radius 1 is 1.11 bits per heavy atom. The van der Waals surface area contributed by atoms with E-state index in [2.05, 4.69) is 18.8 Å². The molecule has 0 aliphatic carbocycles. The molecule has 0 radical (unpaired) electrons. The topological polar surface area (TPSA) is 93.0 Å². The minimum Gasteiger partial charge on any atom is -0.481 e. The lowest BCUT2D eigenvalue weighted by atomic mass is 9.91. The summed E-state index contributed by atoms with van der Waals surface area (Å²) >= 11 is 0. The van der Waals surface area contributed by atoms with E-state index in [1.807, 2.05) is 31.7 Å². The van der Waals surface area contributed by atoms with Crippen molar-refractivity contribution in [2.75, 3.05) is 26.7 Å². The van der Waals surface area contributed by atoms with Gasteiger partial charge in [0.2, 0.25) is 21.8 Å². The number of nitrogens with zero attached hydrogens (tertiary/aromatic N) is 3. The molecule has 37 heavy (non-hydrogen) atoms. The molecule has 2 aromatic heterocycles. The Labute approximate surface area is 220 Å². The summed E-state index contributed by atoms with van der Waals surface area (Å²) in [4.78, 5) is 19.3. The highest BCUT2D eigenvalue weighted by Crippen LogP contribution is 2.25. The number of aromatic nitrogens is 1. The number of fused-ring (bicyclic) bond motifs is 1. The number of carbonyl (C=O) groups is 1. The lowest BCUT2D eigenvalue weighted by Gasteiger charge is -2.29. The van der Waals surface area contributed by atoms with Crippen LogP contribution in [0.3, 0.4) is 0 Å². The van der Waals surface area contributed by atoms with Gasteiger partial charge in [0.15, 0.2) is 0 Å². The molecule has 1 aromatic carbocycles. The van der Waals surface area contributed by atoms with Crippen molar-refractivity contribution in [1.29, 1.82) is 0 Å². The number of methoxy groups -OCH3 is 1. The van der Waals surface area contributed by atoms with Crippen molar-refractivity contribution in [1.82, 2.24) is 14.2 Å². The van der Waals surface area contributed by atoms with Crippen LogP contribution in [0.2, 0.25) is 0 Å². The number of furan rings is 1. The van der Waals surface area contributed by atoms with E-state index >= 15 is 0 Å². The van der Waals surface area contributed by atoms with E-state index in [0.29, 0.717) is 43.3 Å². The van der Waals surface area contributed by atoms with E-state index in [1.54, 1.807) is 42.8 Å². The first-order valence-corrected chi connectivity index (χ1v) is 14.1. The third-order valence-corrected chi connectivity index (χ3v) is 7.72. The number of amides is 1. The van der Waals surface area contributed by atoms with Crippen molar-refractivity contribution in [3.63, 3.8) is 0 Å². The monoisotopic (exact) mass is 529 g/mol. The molecule has 0 N–H and O–H groups in total. The average Bonchev–Trinajstić information content (AvgIpc) is 3.30. The van der Waals surface area contributed by atoms with Gasteiger partial charge < -0.3 is 14.1 Å². The molecule has 0 saturated carbocycles. The van der Waals surface area contributed by atoms with Crippen molar-refractivity contribution >= 4 is 26.9 Å². The fourth-order valence-electron chi connectivity index (χ4n) is 4.13. The second-order valence-electron chi connectivity index (χ2n) is 11.0. The number of hydrogen-bond acceptors (Lipinski definition) is 6. The predicted molar refractivity (Wildman–Crippen MR) is 145 cm³/mol. The van der Waals surface area contributed by atoms with Crippen LogP contribution in [0.4, 0.5) is 0 Å². The van der Waals surface area contributed by atoms with Gasteiger partial charge in [-0.2, -0.15) is 4.31 Å². The highest BCUT2D eigenvalue weighted by Gasteiger charge is 2.27. The third kappa shape index (κ3) is 8.04. The lowest BCUT2D eigenvalue weighted by molar-refractivity contribution is -0.133. The van der Waals surface area contributed by atoms with E-state index in [4.69, 9.17) is 9.15 Å². The van der Waals surface area contributed by atoms with Gasteiger partial charge in [0, 0.05) is 50.2 Å². The zero-order valence-corrected chi connectivity index (χ0v) is 23.5. The van der Waals surface area contributed by atoms with Crippen LogP contribution in [-0.4, -0.2) is 55.3 Å². The average molecular weight is 530 g/mol. The van der Waals surface area contributed by atoms with Crippen LogP contribution in [0.5, 0.6) is 5.88 Å². The van der Waals surface area contributed by atoms with E-state index in [9.17, 15) is 13.2 Å². The van der Waals surface area contributed by atoms with E-state index < -0.39 is 10.0 Å². The Bertz CT molecular complexity index is 1280. The number of hydrogen-bond donors (Lipinski definition) is 0. The van der Waals surface area contributed by atoms with Crippen molar-refractivity contribution < 1.29 is 22.4 Å². The summed E-state index contributed by atoms with van der Waals surface area (Å²) in [6.07, 6.45) is 4.13. The van der Waals surface area contributed by atoms with Gasteiger partial charge in [-0.1, -0.05) is 40.7 Å². The van der Waals surface area contributed by atoms with Crippen LogP contribution in [0, 0.1) is 11.3 Å².